The second-order valence-corrected chi connectivity index (χ2v) is 9.51. The van der Waals surface area contributed by atoms with Crippen molar-refractivity contribution in [3.63, 3.8) is 0 Å². The van der Waals surface area contributed by atoms with Crippen molar-refractivity contribution in [3.05, 3.63) is 48.0 Å². The summed E-state index contributed by atoms with van der Waals surface area (Å²) < 4.78 is 67.6. The van der Waals surface area contributed by atoms with E-state index < -0.39 is 21.8 Å². The fourth-order valence-electron chi connectivity index (χ4n) is 3.78. The molecule has 0 bridgehead atoms. The summed E-state index contributed by atoms with van der Waals surface area (Å²) >= 11 is 0. The lowest BCUT2D eigenvalue weighted by atomic mass is 10.1. The Kier molecular flexibility index (Phi) is 5.67. The summed E-state index contributed by atoms with van der Waals surface area (Å²) in [7, 11) is -3.71. The summed E-state index contributed by atoms with van der Waals surface area (Å²) in [5.41, 5.74) is 0.339. The molecular weight excluding hydrogens is 447 g/mol. The Morgan fingerprint density at radius 2 is 1.75 bits per heavy atom. The molecule has 2 heterocycles. The molecule has 0 radical (unpaired) electrons. The number of nitrogens with one attached hydrogen (secondary N) is 1. The van der Waals surface area contributed by atoms with Crippen LogP contribution < -0.4 is 5.32 Å². The first-order valence-corrected chi connectivity index (χ1v) is 11.3. The van der Waals surface area contributed by atoms with E-state index in [1.165, 1.54) is 41.6 Å². The molecule has 0 saturated carbocycles. The van der Waals surface area contributed by atoms with Crippen molar-refractivity contribution < 1.29 is 26.4 Å². The molecule has 1 aliphatic heterocycles. The van der Waals surface area contributed by atoms with Gasteiger partial charge in [0.15, 0.2) is 0 Å². The lowest BCUT2D eigenvalue weighted by Gasteiger charge is -2.31. The van der Waals surface area contributed by atoms with E-state index in [2.05, 4.69) is 15.6 Å². The first kappa shape index (κ1) is 22.2. The normalized spacial score (nSPS) is 16.4. The fourth-order valence-corrected chi connectivity index (χ4v) is 5.25. The third kappa shape index (κ3) is 4.32. The maximum Gasteiger partial charge on any atom is 0.416 e. The predicted octanol–water partition coefficient (Wildman–Crippen LogP) is 3.43. The van der Waals surface area contributed by atoms with Gasteiger partial charge in [0.05, 0.1) is 22.0 Å². The van der Waals surface area contributed by atoms with E-state index in [0.717, 1.165) is 12.1 Å². The van der Waals surface area contributed by atoms with Gasteiger partial charge in [-0.05, 0) is 55.3 Å². The molecule has 8 nitrogen and oxygen atoms in total. The van der Waals surface area contributed by atoms with E-state index in [1.807, 2.05) is 0 Å². The zero-order chi connectivity index (χ0) is 23.1. The van der Waals surface area contributed by atoms with E-state index in [-0.39, 0.29) is 35.5 Å². The van der Waals surface area contributed by atoms with Crippen molar-refractivity contribution in [1.29, 1.82) is 0 Å². The Balaban J connectivity index is 1.47. The summed E-state index contributed by atoms with van der Waals surface area (Å²) in [6.45, 7) is 1.84. The number of nitrogens with zero attached hydrogens (tertiary/aromatic N) is 4. The largest absolute Gasteiger partial charge is 0.416 e. The number of piperidine rings is 1. The van der Waals surface area contributed by atoms with Crippen LogP contribution in [-0.4, -0.2) is 46.7 Å². The van der Waals surface area contributed by atoms with Crippen LogP contribution >= 0.6 is 0 Å². The molecule has 0 atom stereocenters. The SMILES string of the molecule is CC(=O)Nc1ccc(S(=O)(=O)N2CCC(n3nnc4cc(C(F)(F)F)ccc43)CC2)cc1. The number of amides is 1. The average molecular weight is 467 g/mol. The van der Waals surface area contributed by atoms with Gasteiger partial charge in [-0.15, -0.1) is 5.10 Å². The Morgan fingerprint density at radius 3 is 2.34 bits per heavy atom. The molecule has 0 unspecified atom stereocenters. The number of benzene rings is 2. The van der Waals surface area contributed by atoms with Gasteiger partial charge in [-0.1, -0.05) is 5.21 Å². The van der Waals surface area contributed by atoms with Crippen LogP contribution in [0.1, 0.15) is 31.4 Å². The maximum absolute atomic E-state index is 13.0. The van der Waals surface area contributed by atoms with E-state index in [1.54, 1.807) is 4.68 Å². The molecule has 1 fully saturated rings. The summed E-state index contributed by atoms with van der Waals surface area (Å²) in [4.78, 5) is 11.2. The maximum atomic E-state index is 13.0. The number of alkyl halides is 3. The predicted molar refractivity (Wildman–Crippen MR) is 110 cm³/mol. The first-order valence-electron chi connectivity index (χ1n) is 9.85. The fraction of sp³-hybridized carbons (Fsp3) is 0.350. The van der Waals surface area contributed by atoms with Crippen molar-refractivity contribution in [2.45, 2.75) is 36.9 Å². The number of halogens is 3. The smallest absolute Gasteiger partial charge is 0.326 e. The summed E-state index contributed by atoms with van der Waals surface area (Å²) in [6.07, 6.45) is -3.57. The lowest BCUT2D eigenvalue weighted by Crippen LogP contribution is -2.39. The number of fused-ring (bicyclic) bond motifs is 1. The van der Waals surface area contributed by atoms with Crippen molar-refractivity contribution in [2.24, 2.45) is 0 Å². The van der Waals surface area contributed by atoms with E-state index in [4.69, 9.17) is 0 Å². The molecule has 0 aliphatic carbocycles. The molecule has 1 aliphatic rings. The first-order chi connectivity index (χ1) is 15.1. The summed E-state index contributed by atoms with van der Waals surface area (Å²) in [6, 6.07) is 9.06. The molecule has 2 aromatic carbocycles. The second kappa shape index (κ2) is 8.17. The minimum Gasteiger partial charge on any atom is -0.326 e. The molecule has 12 heteroatoms. The minimum atomic E-state index is -4.46. The van der Waals surface area contributed by atoms with Gasteiger partial charge in [0.1, 0.15) is 5.52 Å². The zero-order valence-corrected chi connectivity index (χ0v) is 17.8. The van der Waals surface area contributed by atoms with Crippen LogP contribution in [0, 0.1) is 0 Å². The number of rotatable bonds is 4. The van der Waals surface area contributed by atoms with Crippen molar-refractivity contribution >= 4 is 32.7 Å². The third-order valence-corrected chi connectivity index (χ3v) is 7.29. The van der Waals surface area contributed by atoms with Gasteiger partial charge in [0.25, 0.3) is 0 Å². The molecular formula is C20H20F3N5O3S. The molecule has 0 spiro atoms. The van der Waals surface area contributed by atoms with Gasteiger partial charge < -0.3 is 5.32 Å². The molecule has 170 valence electrons. The average Bonchev–Trinajstić information content (AvgIpc) is 3.16. The Morgan fingerprint density at radius 1 is 1.09 bits per heavy atom. The van der Waals surface area contributed by atoms with E-state index in [0.29, 0.717) is 24.0 Å². The zero-order valence-electron chi connectivity index (χ0n) is 17.0. The number of hydrogen-bond donors (Lipinski definition) is 1. The van der Waals surface area contributed by atoms with Crippen LogP contribution in [0.25, 0.3) is 11.0 Å². The molecule has 4 rings (SSSR count). The highest BCUT2D eigenvalue weighted by Gasteiger charge is 2.33. The van der Waals surface area contributed by atoms with Crippen LogP contribution in [0.15, 0.2) is 47.4 Å². The van der Waals surface area contributed by atoms with Gasteiger partial charge in [0.2, 0.25) is 15.9 Å². The number of anilines is 1. The van der Waals surface area contributed by atoms with Crippen molar-refractivity contribution in [3.8, 4) is 0 Å². The Hall–Kier alpha value is -2.99. The Bertz CT molecular complexity index is 1250. The molecule has 3 aromatic rings. The summed E-state index contributed by atoms with van der Waals surface area (Å²) in [5, 5.41) is 10.5. The molecule has 1 N–H and O–H groups in total. The van der Waals surface area contributed by atoms with Gasteiger partial charge >= 0.3 is 6.18 Å². The van der Waals surface area contributed by atoms with Crippen LogP contribution in [0.5, 0.6) is 0 Å². The van der Waals surface area contributed by atoms with Gasteiger partial charge in [-0.2, -0.15) is 17.5 Å². The lowest BCUT2D eigenvalue weighted by molar-refractivity contribution is -0.137. The number of aromatic nitrogens is 3. The highest BCUT2D eigenvalue weighted by molar-refractivity contribution is 7.89. The number of sulfonamides is 1. The highest BCUT2D eigenvalue weighted by Crippen LogP contribution is 2.33. The molecule has 1 saturated heterocycles. The van der Waals surface area contributed by atoms with E-state index in [9.17, 15) is 26.4 Å². The van der Waals surface area contributed by atoms with Crippen molar-refractivity contribution in [1.82, 2.24) is 19.3 Å². The number of hydrogen-bond acceptors (Lipinski definition) is 5. The van der Waals surface area contributed by atoms with Crippen LogP contribution in [0.4, 0.5) is 18.9 Å². The topological polar surface area (TPSA) is 97.2 Å². The molecule has 32 heavy (non-hydrogen) atoms. The Labute approximate surface area is 182 Å². The number of carbonyl (C=O) groups excluding carboxylic acids is 1. The molecule has 1 aromatic heterocycles. The monoisotopic (exact) mass is 467 g/mol. The van der Waals surface area contributed by atoms with Crippen LogP contribution in [0.2, 0.25) is 0 Å². The van der Waals surface area contributed by atoms with Gasteiger partial charge in [-0.3, -0.25) is 4.79 Å². The van der Waals surface area contributed by atoms with Crippen LogP contribution in [-0.2, 0) is 21.0 Å². The quantitative estimate of drug-likeness (QED) is 0.634. The number of carbonyl (C=O) groups is 1. The third-order valence-electron chi connectivity index (χ3n) is 5.38. The second-order valence-electron chi connectivity index (χ2n) is 7.58. The molecule has 1 amide bonds. The van der Waals surface area contributed by atoms with Gasteiger partial charge in [-0.25, -0.2) is 13.1 Å². The highest BCUT2D eigenvalue weighted by atomic mass is 32.2. The van der Waals surface area contributed by atoms with E-state index >= 15 is 0 Å². The van der Waals surface area contributed by atoms with Gasteiger partial charge in [0, 0.05) is 25.7 Å². The summed E-state index contributed by atoms with van der Waals surface area (Å²) in [5.74, 6) is -0.252. The standard InChI is InChI=1S/C20H20F3N5O3S/c1-13(29)24-15-3-5-17(6-4-15)32(30,31)27-10-8-16(9-11-27)28-19-7-2-14(20(21,22)23)12-18(19)25-26-28/h2-7,12,16H,8-11H2,1H3,(H,24,29). The minimum absolute atomic E-state index is 0.121. The van der Waals surface area contributed by atoms with Crippen molar-refractivity contribution in [2.75, 3.05) is 18.4 Å². The van der Waals surface area contributed by atoms with Crippen LogP contribution in [0.3, 0.4) is 0 Å².